The van der Waals surface area contributed by atoms with Gasteiger partial charge in [-0.1, -0.05) is 6.92 Å². The lowest BCUT2D eigenvalue weighted by molar-refractivity contribution is -0.137. The van der Waals surface area contributed by atoms with Crippen molar-refractivity contribution in [3.63, 3.8) is 0 Å². The second kappa shape index (κ2) is 5.08. The van der Waals surface area contributed by atoms with E-state index in [1.807, 2.05) is 4.90 Å². The first kappa shape index (κ1) is 15.7. The summed E-state index contributed by atoms with van der Waals surface area (Å²) in [7, 11) is 0. The van der Waals surface area contributed by atoms with E-state index in [0.717, 1.165) is 25.1 Å². The minimum absolute atomic E-state index is 0.00539. The summed E-state index contributed by atoms with van der Waals surface area (Å²) in [5.74, 6) is 0.349. The summed E-state index contributed by atoms with van der Waals surface area (Å²) in [5, 5.41) is 3.18. The van der Waals surface area contributed by atoms with Crippen LogP contribution in [0.4, 0.5) is 24.7 Å². The first-order chi connectivity index (χ1) is 11.3. The second-order valence-corrected chi connectivity index (χ2v) is 7.21. The lowest BCUT2D eigenvalue weighted by Gasteiger charge is -2.45. The first-order valence-electron chi connectivity index (χ1n) is 8.15. The van der Waals surface area contributed by atoms with Crippen molar-refractivity contribution in [3.05, 3.63) is 17.8 Å². The molecule has 1 N–H and O–H groups in total. The van der Waals surface area contributed by atoms with E-state index in [9.17, 15) is 18.0 Å². The third-order valence-corrected chi connectivity index (χ3v) is 5.18. The molecule has 1 atom stereocenters. The highest BCUT2D eigenvalue weighted by molar-refractivity contribution is 6.05. The van der Waals surface area contributed by atoms with E-state index in [-0.39, 0.29) is 11.3 Å². The number of halogens is 3. The Morgan fingerprint density at radius 3 is 2.83 bits per heavy atom. The normalized spacial score (nSPS) is 25.3. The molecule has 3 heterocycles. The van der Waals surface area contributed by atoms with Gasteiger partial charge in [-0.3, -0.25) is 4.79 Å². The predicted octanol–water partition coefficient (Wildman–Crippen LogP) is 2.03. The van der Waals surface area contributed by atoms with Gasteiger partial charge in [-0.05, 0) is 24.3 Å². The zero-order valence-electron chi connectivity index (χ0n) is 13.4. The fourth-order valence-corrected chi connectivity index (χ4v) is 3.41. The highest BCUT2D eigenvalue weighted by Gasteiger charge is 2.47. The number of amides is 1. The molecule has 0 spiro atoms. The summed E-state index contributed by atoms with van der Waals surface area (Å²) in [4.78, 5) is 20.4. The molecule has 1 aliphatic carbocycles. The Kier molecular flexibility index (Phi) is 3.32. The summed E-state index contributed by atoms with van der Waals surface area (Å²) >= 11 is 0. The molecular formula is C16H19F3N4O. The molecule has 130 valence electrons. The van der Waals surface area contributed by atoms with E-state index in [4.69, 9.17) is 0 Å². The molecule has 1 saturated carbocycles. The molecule has 0 unspecified atom stereocenters. The largest absolute Gasteiger partial charge is 0.417 e. The van der Waals surface area contributed by atoms with Crippen molar-refractivity contribution in [2.75, 3.05) is 36.0 Å². The standard InChI is InChI=1S/C16H19F3N4O/c1-15(2-3-15)9-23-11-6-10(16(17,18)19)7-21-13(11)22-5-4-20-8-12(22)14(23)24/h6-7,12,20H,2-5,8-9H2,1H3/t12-/m1/s1. The van der Waals surface area contributed by atoms with Gasteiger partial charge < -0.3 is 15.1 Å². The number of hydrogen-bond acceptors (Lipinski definition) is 4. The van der Waals surface area contributed by atoms with Crippen LogP contribution >= 0.6 is 0 Å². The Morgan fingerprint density at radius 2 is 2.17 bits per heavy atom. The smallest absolute Gasteiger partial charge is 0.340 e. The monoisotopic (exact) mass is 340 g/mol. The molecule has 5 nitrogen and oxygen atoms in total. The number of pyridine rings is 1. The number of nitrogens with zero attached hydrogens (tertiary/aromatic N) is 3. The van der Waals surface area contributed by atoms with Gasteiger partial charge in [-0.25, -0.2) is 4.98 Å². The fourth-order valence-electron chi connectivity index (χ4n) is 3.41. The molecule has 0 bridgehead atoms. The van der Waals surface area contributed by atoms with Gasteiger partial charge in [0.15, 0.2) is 5.82 Å². The van der Waals surface area contributed by atoms with E-state index in [0.29, 0.717) is 37.7 Å². The van der Waals surface area contributed by atoms with Crippen LogP contribution in [0.3, 0.4) is 0 Å². The molecule has 1 aromatic heterocycles. The van der Waals surface area contributed by atoms with Crippen LogP contribution in [0.25, 0.3) is 0 Å². The van der Waals surface area contributed by atoms with Crippen LogP contribution in [0, 0.1) is 5.41 Å². The van der Waals surface area contributed by atoms with Crippen molar-refractivity contribution in [2.45, 2.75) is 32.0 Å². The number of piperazine rings is 1. The molecule has 1 aromatic rings. The van der Waals surface area contributed by atoms with Crippen LogP contribution in [0.15, 0.2) is 12.3 Å². The van der Waals surface area contributed by atoms with Gasteiger partial charge in [-0.15, -0.1) is 0 Å². The van der Waals surface area contributed by atoms with Gasteiger partial charge in [-0.2, -0.15) is 13.2 Å². The van der Waals surface area contributed by atoms with Crippen molar-refractivity contribution in [1.29, 1.82) is 0 Å². The maximum absolute atomic E-state index is 13.1. The summed E-state index contributed by atoms with van der Waals surface area (Å²) in [5.41, 5.74) is -0.513. The van der Waals surface area contributed by atoms with Crippen molar-refractivity contribution in [1.82, 2.24) is 10.3 Å². The van der Waals surface area contributed by atoms with Crippen LogP contribution in [0.2, 0.25) is 0 Å². The number of hydrogen-bond donors (Lipinski definition) is 1. The first-order valence-corrected chi connectivity index (χ1v) is 8.15. The molecule has 1 saturated heterocycles. The highest BCUT2D eigenvalue weighted by Crippen LogP contribution is 2.48. The summed E-state index contributed by atoms with van der Waals surface area (Å²) in [6, 6.07) is 0.683. The Morgan fingerprint density at radius 1 is 1.42 bits per heavy atom. The predicted molar refractivity (Wildman–Crippen MR) is 82.9 cm³/mol. The molecule has 0 radical (unpaired) electrons. The van der Waals surface area contributed by atoms with E-state index >= 15 is 0 Å². The van der Waals surface area contributed by atoms with Crippen LogP contribution in [0.5, 0.6) is 0 Å². The van der Waals surface area contributed by atoms with Crippen molar-refractivity contribution in [3.8, 4) is 0 Å². The average molecular weight is 340 g/mol. The van der Waals surface area contributed by atoms with E-state index in [1.54, 1.807) is 0 Å². The van der Waals surface area contributed by atoms with Crippen LogP contribution < -0.4 is 15.1 Å². The minimum atomic E-state index is -4.47. The molecule has 2 aliphatic heterocycles. The van der Waals surface area contributed by atoms with Gasteiger partial charge in [0.2, 0.25) is 0 Å². The lowest BCUT2D eigenvalue weighted by Crippen LogP contribution is -2.62. The minimum Gasteiger partial charge on any atom is -0.340 e. The molecule has 2 fully saturated rings. The maximum Gasteiger partial charge on any atom is 0.417 e. The quantitative estimate of drug-likeness (QED) is 0.895. The molecule has 24 heavy (non-hydrogen) atoms. The number of carbonyl (C=O) groups excluding carboxylic acids is 1. The van der Waals surface area contributed by atoms with Crippen molar-refractivity contribution in [2.24, 2.45) is 5.41 Å². The number of rotatable bonds is 2. The van der Waals surface area contributed by atoms with E-state index in [1.165, 1.54) is 4.90 Å². The van der Waals surface area contributed by atoms with Gasteiger partial charge in [0.1, 0.15) is 6.04 Å². The Labute approximate surface area is 137 Å². The molecule has 8 heteroatoms. The maximum atomic E-state index is 13.1. The molecule has 0 aromatic carbocycles. The van der Waals surface area contributed by atoms with Gasteiger partial charge in [0.25, 0.3) is 5.91 Å². The third-order valence-electron chi connectivity index (χ3n) is 5.18. The zero-order valence-corrected chi connectivity index (χ0v) is 13.4. The molecule has 1 amide bonds. The summed E-state index contributed by atoms with van der Waals surface area (Å²) < 4.78 is 39.3. The van der Waals surface area contributed by atoms with E-state index in [2.05, 4.69) is 17.2 Å². The zero-order chi connectivity index (χ0) is 17.1. The Hall–Kier alpha value is -1.83. The number of carbonyl (C=O) groups is 1. The van der Waals surface area contributed by atoms with Crippen molar-refractivity contribution >= 4 is 17.4 Å². The number of aromatic nitrogens is 1. The van der Waals surface area contributed by atoms with Gasteiger partial charge in [0, 0.05) is 32.4 Å². The summed E-state index contributed by atoms with van der Waals surface area (Å²) in [6.45, 7) is 4.25. The average Bonchev–Trinajstić information content (AvgIpc) is 3.27. The second-order valence-electron chi connectivity index (χ2n) is 7.21. The van der Waals surface area contributed by atoms with Crippen LogP contribution in [-0.4, -0.2) is 43.1 Å². The fraction of sp³-hybridized carbons (Fsp3) is 0.625. The molecule has 4 rings (SSSR count). The SMILES string of the molecule is CC1(CN2C(=O)[C@H]3CNCCN3c3ncc(C(F)(F)F)cc32)CC1. The van der Waals surface area contributed by atoms with Crippen LogP contribution in [0.1, 0.15) is 25.3 Å². The molecule has 3 aliphatic rings. The van der Waals surface area contributed by atoms with E-state index < -0.39 is 17.8 Å². The lowest BCUT2D eigenvalue weighted by atomic mass is 10.0. The highest BCUT2D eigenvalue weighted by atomic mass is 19.4. The number of fused-ring (bicyclic) bond motifs is 3. The van der Waals surface area contributed by atoms with Gasteiger partial charge >= 0.3 is 6.18 Å². The number of alkyl halides is 3. The summed E-state index contributed by atoms with van der Waals surface area (Å²) in [6.07, 6.45) is -1.62. The van der Waals surface area contributed by atoms with Gasteiger partial charge in [0.05, 0.1) is 11.3 Å². The number of nitrogens with one attached hydrogen (secondary N) is 1. The molecular weight excluding hydrogens is 321 g/mol. The van der Waals surface area contributed by atoms with Crippen LogP contribution in [-0.2, 0) is 11.0 Å². The Bertz CT molecular complexity index is 686. The third kappa shape index (κ3) is 2.53. The topological polar surface area (TPSA) is 48.5 Å². The number of anilines is 2. The Balaban J connectivity index is 1.80. The van der Waals surface area contributed by atoms with Crippen molar-refractivity contribution < 1.29 is 18.0 Å².